The molecule has 0 N–H and O–H groups in total. The average Bonchev–Trinajstić information content (AvgIpc) is 3.70. The third kappa shape index (κ3) is 15.4. The first kappa shape index (κ1) is 49.1. The second kappa shape index (κ2) is 24.8. The fourth-order valence-electron chi connectivity index (χ4n) is 4.26. The molecular weight excluding hydrogens is 1080 g/mol. The number of carbonyl (C=O) groups is 7. The summed E-state index contributed by atoms with van der Waals surface area (Å²) in [4.78, 5) is 86.8. The average molecular weight is 1120 g/mol. The van der Waals surface area contributed by atoms with E-state index in [1.54, 1.807) is 6.92 Å². The summed E-state index contributed by atoms with van der Waals surface area (Å²) in [6, 6.07) is 15.4. The van der Waals surface area contributed by atoms with Crippen LogP contribution in [-0.4, -0.2) is 70.3 Å². The Kier molecular flexibility index (Phi) is 19.6. The molecule has 3 aromatic rings. The van der Waals surface area contributed by atoms with Gasteiger partial charge < -0.3 is 4.74 Å². The second-order valence-corrected chi connectivity index (χ2v) is 18.6. The number of carbonyl (C=O) groups excluding carboxylic acids is 7. The van der Waals surface area contributed by atoms with Gasteiger partial charge in [-0.05, 0) is 5.92 Å². The van der Waals surface area contributed by atoms with Crippen molar-refractivity contribution in [1.82, 2.24) is 0 Å². The van der Waals surface area contributed by atoms with Gasteiger partial charge in [0.1, 0.15) is 6.07 Å². The van der Waals surface area contributed by atoms with Crippen LogP contribution >= 0.6 is 23.5 Å². The molecule has 3 aromatic carbocycles. The van der Waals surface area contributed by atoms with Crippen LogP contribution in [0.25, 0.3) is 0 Å². The number of fused-ring (bicyclic) bond motifs is 1. The number of esters is 4. The van der Waals surface area contributed by atoms with Crippen LogP contribution in [0.4, 0.5) is 9.59 Å². The van der Waals surface area contributed by atoms with Gasteiger partial charge in [0, 0.05) is 0 Å². The molecule has 21 heteroatoms. The Labute approximate surface area is 385 Å². The number of halogens is 2. The van der Waals surface area contributed by atoms with E-state index in [4.69, 9.17) is 39.3 Å². The van der Waals surface area contributed by atoms with Crippen molar-refractivity contribution in [2.45, 2.75) is 36.7 Å². The maximum atomic E-state index is 13.4. The molecule has 0 bridgehead atoms. The minimum absolute atomic E-state index is 0.00368. The number of nitrogens with zero attached hydrogens (tertiary/aromatic N) is 1. The molecule has 0 saturated heterocycles. The molecular formula is C41H35I2NO16S2-2. The molecule has 17 nitrogen and oxygen atoms in total. The molecule has 1 heterocycles. The van der Waals surface area contributed by atoms with Crippen molar-refractivity contribution in [3.63, 3.8) is 0 Å². The Morgan fingerprint density at radius 2 is 1.23 bits per heavy atom. The SMILES string of the molecule is C=CC(=O)OCC[I-]OC(=O)Oc1ccc(C(=O)Oc2ccc(OC(=O)c3ccc(OC(=O)O[C@H](C)C[I-]OC(=O)C=C)cc3)c3c2S/C(=C(/C#N)C(=O)OCC(C)C)S3)cc1. The van der Waals surface area contributed by atoms with Gasteiger partial charge >= 0.3 is 319 Å². The standard InChI is InChI=1S/C41H35I2NO16S2/c1-6-32(45)52-19-18-42-60-41(51)56-28-14-10-26(11-15-28)37(48)58-31-17-16-30(34-35(31)62-39(61-34)29(21-44)38(49)53-22-23(3)4)57-36(47)25-8-12-27(13-9-25)55-40(50)54-24(5)20-43-59-33(46)7-2/h6-17,23-24H,1-2,18-20,22H2,3-5H3/q-2/b39-29-/t24-/m1/s1. The van der Waals surface area contributed by atoms with Crippen molar-refractivity contribution < 1.29 is 116 Å². The summed E-state index contributed by atoms with van der Waals surface area (Å²) in [6.07, 6.45) is -0.501. The molecule has 328 valence electrons. The molecule has 0 fully saturated rings. The van der Waals surface area contributed by atoms with Gasteiger partial charge in [-0.3, -0.25) is 0 Å². The van der Waals surface area contributed by atoms with Crippen molar-refractivity contribution in [3.05, 3.63) is 107 Å². The summed E-state index contributed by atoms with van der Waals surface area (Å²) in [5.41, 5.74) is -0.177. The molecule has 1 atom stereocenters. The molecule has 0 saturated carbocycles. The van der Waals surface area contributed by atoms with Gasteiger partial charge in [-0.1, -0.05) is 25.6 Å². The molecule has 0 aromatic heterocycles. The first-order valence-corrected chi connectivity index (χ1v) is 24.2. The van der Waals surface area contributed by atoms with Crippen LogP contribution < -0.4 is 62.2 Å². The molecule has 4 rings (SSSR count). The molecule has 0 spiro atoms. The number of rotatable bonds is 19. The van der Waals surface area contributed by atoms with E-state index < -0.39 is 91.5 Å². The molecule has 1 aliphatic rings. The number of nitriles is 1. The first-order chi connectivity index (χ1) is 29.7. The van der Waals surface area contributed by atoms with E-state index in [-0.39, 0.29) is 72.9 Å². The Morgan fingerprint density at radius 3 is 1.73 bits per heavy atom. The van der Waals surface area contributed by atoms with Gasteiger partial charge in [0.25, 0.3) is 0 Å². The third-order valence-electron chi connectivity index (χ3n) is 7.04. The maximum absolute atomic E-state index is 13.4. The van der Waals surface area contributed by atoms with Gasteiger partial charge in [0.2, 0.25) is 0 Å². The van der Waals surface area contributed by atoms with E-state index in [0.29, 0.717) is 8.86 Å². The van der Waals surface area contributed by atoms with Crippen LogP contribution in [0, 0.1) is 17.2 Å². The summed E-state index contributed by atoms with van der Waals surface area (Å²) in [5.74, 6) is -3.48. The van der Waals surface area contributed by atoms with E-state index in [1.807, 2.05) is 19.9 Å². The van der Waals surface area contributed by atoms with E-state index in [9.17, 15) is 38.8 Å². The van der Waals surface area contributed by atoms with Crippen LogP contribution in [0.15, 0.2) is 106 Å². The molecule has 0 unspecified atom stereocenters. The Bertz CT molecular complexity index is 2270. The summed E-state index contributed by atoms with van der Waals surface area (Å²) in [7, 11) is 0. The van der Waals surface area contributed by atoms with Crippen molar-refractivity contribution in [2.24, 2.45) is 5.92 Å². The van der Waals surface area contributed by atoms with Crippen LogP contribution in [0.1, 0.15) is 41.5 Å². The Balaban J connectivity index is 1.46. The minimum atomic E-state index is -1.11. The van der Waals surface area contributed by atoms with E-state index >= 15 is 0 Å². The fraction of sp³-hybridized carbons (Fsp3) is 0.220. The summed E-state index contributed by atoms with van der Waals surface area (Å²) < 4.78 is 48.0. The van der Waals surface area contributed by atoms with Crippen LogP contribution in [0.2, 0.25) is 0 Å². The topological polar surface area (TPSA) is 226 Å². The molecule has 62 heavy (non-hydrogen) atoms. The third-order valence-corrected chi connectivity index (χ3v) is 13.6. The van der Waals surface area contributed by atoms with Crippen LogP contribution in [-0.2, 0) is 34.7 Å². The zero-order valence-corrected chi connectivity index (χ0v) is 38.8. The fourth-order valence-corrected chi connectivity index (χ4v) is 9.13. The number of benzene rings is 3. The molecule has 0 aliphatic carbocycles. The molecule has 1 aliphatic heterocycles. The predicted octanol–water partition coefficient (Wildman–Crippen LogP) is 1.14. The molecule has 0 radical (unpaired) electrons. The predicted molar refractivity (Wildman–Crippen MR) is 210 cm³/mol. The van der Waals surface area contributed by atoms with Crippen molar-refractivity contribution in [1.29, 1.82) is 5.26 Å². The van der Waals surface area contributed by atoms with Gasteiger partial charge in [-0.25, -0.2) is 4.79 Å². The Morgan fingerprint density at radius 1 is 0.694 bits per heavy atom. The van der Waals surface area contributed by atoms with E-state index in [1.165, 1.54) is 60.7 Å². The van der Waals surface area contributed by atoms with Gasteiger partial charge in [0.15, 0.2) is 5.57 Å². The van der Waals surface area contributed by atoms with Crippen LogP contribution in [0.3, 0.4) is 0 Å². The van der Waals surface area contributed by atoms with E-state index in [0.717, 1.165) is 35.7 Å². The van der Waals surface area contributed by atoms with Crippen molar-refractivity contribution in [3.8, 4) is 29.1 Å². The zero-order chi connectivity index (χ0) is 45.2. The number of hydrogen-bond acceptors (Lipinski definition) is 19. The number of alkyl halides is 2. The second-order valence-electron chi connectivity index (χ2n) is 12.3. The summed E-state index contributed by atoms with van der Waals surface area (Å²) in [6.45, 7) is 12.0. The van der Waals surface area contributed by atoms with Crippen molar-refractivity contribution in [2.75, 3.05) is 22.1 Å². The number of thioether (sulfide) groups is 2. The summed E-state index contributed by atoms with van der Waals surface area (Å²) in [5, 5.41) is 9.96. The van der Waals surface area contributed by atoms with Gasteiger partial charge in [0.05, 0.1) is 10.8 Å². The summed E-state index contributed by atoms with van der Waals surface area (Å²) >= 11 is -0.254. The van der Waals surface area contributed by atoms with Gasteiger partial charge in [-0.2, -0.15) is 5.26 Å². The Hall–Kier alpha value is -5.58. The van der Waals surface area contributed by atoms with Gasteiger partial charge in [-0.15, -0.1) is 0 Å². The van der Waals surface area contributed by atoms with Crippen LogP contribution in [0.5, 0.6) is 23.0 Å². The monoisotopic (exact) mass is 1110 g/mol. The first-order valence-electron chi connectivity index (χ1n) is 17.8. The normalized spacial score (nSPS) is 12.7. The van der Waals surface area contributed by atoms with E-state index in [2.05, 4.69) is 13.2 Å². The number of ether oxygens (including phenoxy) is 7. The zero-order valence-electron chi connectivity index (χ0n) is 32.9. The quantitative estimate of drug-likeness (QED) is 0.0189. The number of hydrogen-bond donors (Lipinski definition) is 0. The van der Waals surface area contributed by atoms with Crippen molar-refractivity contribution >= 4 is 65.7 Å². The molecule has 0 amide bonds.